The number of aliphatic hydroxyl groups excluding tert-OH is 1. The van der Waals surface area contributed by atoms with Crippen molar-refractivity contribution in [2.45, 2.75) is 12.5 Å². The summed E-state index contributed by atoms with van der Waals surface area (Å²) in [7, 11) is 1.73. The third-order valence-electron chi connectivity index (χ3n) is 2.80. The highest BCUT2D eigenvalue weighted by Crippen LogP contribution is 2.35. The number of halogens is 1. The van der Waals surface area contributed by atoms with Crippen LogP contribution in [-0.4, -0.2) is 32.0 Å². The van der Waals surface area contributed by atoms with Crippen molar-refractivity contribution in [2.75, 3.05) is 26.9 Å². The lowest BCUT2D eigenvalue weighted by atomic mass is 10.0. The van der Waals surface area contributed by atoms with E-state index in [0.717, 1.165) is 0 Å². The number of nitrogens with one attached hydrogen (secondary N) is 1. The summed E-state index contributed by atoms with van der Waals surface area (Å²) >= 11 is 0. The van der Waals surface area contributed by atoms with Crippen LogP contribution in [0.4, 0.5) is 4.39 Å². The molecule has 0 aromatic heterocycles. The molecular formula is C12H16FNO3. The fourth-order valence-electron chi connectivity index (χ4n) is 1.93. The lowest BCUT2D eigenvalue weighted by Gasteiger charge is -2.22. The van der Waals surface area contributed by atoms with Crippen molar-refractivity contribution in [1.82, 2.24) is 5.32 Å². The molecule has 1 heterocycles. The van der Waals surface area contributed by atoms with Crippen LogP contribution in [0.1, 0.15) is 18.0 Å². The van der Waals surface area contributed by atoms with Gasteiger partial charge in [-0.1, -0.05) is 0 Å². The summed E-state index contributed by atoms with van der Waals surface area (Å²) in [6, 6.07) is 2.75. The van der Waals surface area contributed by atoms with Gasteiger partial charge in [0.1, 0.15) is 19.0 Å². The number of ether oxygens (including phenoxy) is 2. The van der Waals surface area contributed by atoms with E-state index in [0.29, 0.717) is 36.7 Å². The molecule has 1 aromatic carbocycles. The highest BCUT2D eigenvalue weighted by Gasteiger charge is 2.20. The first kappa shape index (κ1) is 12.1. The molecule has 1 aliphatic heterocycles. The second kappa shape index (κ2) is 5.33. The summed E-state index contributed by atoms with van der Waals surface area (Å²) < 4.78 is 24.6. The molecule has 1 atom stereocenters. The predicted octanol–water partition coefficient (Wildman–Crippen LogP) is 1.24. The van der Waals surface area contributed by atoms with Gasteiger partial charge in [-0.2, -0.15) is 0 Å². The molecule has 17 heavy (non-hydrogen) atoms. The highest BCUT2D eigenvalue weighted by atomic mass is 19.1. The molecule has 1 aliphatic rings. The summed E-state index contributed by atoms with van der Waals surface area (Å²) in [5.41, 5.74) is 0.491. The zero-order valence-corrected chi connectivity index (χ0v) is 9.70. The molecule has 0 radical (unpaired) electrons. The SMILES string of the molecule is CNC(CCO)c1cc2c(cc1F)OCCO2. The molecule has 0 saturated heterocycles. The number of fused-ring (bicyclic) bond motifs is 1. The molecule has 1 unspecified atom stereocenters. The van der Waals surface area contributed by atoms with Crippen LogP contribution >= 0.6 is 0 Å². The van der Waals surface area contributed by atoms with Crippen LogP contribution in [0.15, 0.2) is 12.1 Å². The number of hydrogen-bond donors (Lipinski definition) is 2. The Morgan fingerprint density at radius 3 is 2.59 bits per heavy atom. The number of rotatable bonds is 4. The number of hydrogen-bond acceptors (Lipinski definition) is 4. The van der Waals surface area contributed by atoms with Gasteiger partial charge < -0.3 is 19.9 Å². The van der Waals surface area contributed by atoms with E-state index in [1.54, 1.807) is 13.1 Å². The minimum atomic E-state index is -0.345. The van der Waals surface area contributed by atoms with Gasteiger partial charge in [0.15, 0.2) is 11.5 Å². The normalized spacial score (nSPS) is 15.7. The first-order chi connectivity index (χ1) is 8.26. The van der Waals surface area contributed by atoms with Crippen molar-refractivity contribution < 1.29 is 19.0 Å². The second-order valence-corrected chi connectivity index (χ2v) is 3.87. The second-order valence-electron chi connectivity index (χ2n) is 3.87. The van der Waals surface area contributed by atoms with E-state index < -0.39 is 0 Å². The number of aliphatic hydroxyl groups is 1. The first-order valence-corrected chi connectivity index (χ1v) is 5.63. The van der Waals surface area contributed by atoms with Crippen LogP contribution in [0, 0.1) is 5.82 Å². The topological polar surface area (TPSA) is 50.7 Å². The summed E-state index contributed by atoms with van der Waals surface area (Å²) in [5.74, 6) is 0.657. The minimum Gasteiger partial charge on any atom is -0.486 e. The van der Waals surface area contributed by atoms with Crippen LogP contribution in [-0.2, 0) is 0 Å². The quantitative estimate of drug-likeness (QED) is 0.832. The molecule has 0 spiro atoms. The largest absolute Gasteiger partial charge is 0.486 e. The zero-order chi connectivity index (χ0) is 12.3. The Bertz CT molecular complexity index is 398. The van der Waals surface area contributed by atoms with Gasteiger partial charge in [0.2, 0.25) is 0 Å². The summed E-state index contributed by atoms with van der Waals surface area (Å²) in [4.78, 5) is 0. The van der Waals surface area contributed by atoms with Crippen molar-refractivity contribution in [1.29, 1.82) is 0 Å². The standard InChI is InChI=1S/C12H16FNO3/c1-14-10(2-3-15)8-6-11-12(7-9(8)13)17-5-4-16-11/h6-7,10,14-15H,2-5H2,1H3. The fraction of sp³-hybridized carbons (Fsp3) is 0.500. The Hall–Kier alpha value is -1.33. The molecule has 0 saturated carbocycles. The number of benzene rings is 1. The van der Waals surface area contributed by atoms with E-state index in [1.165, 1.54) is 6.07 Å². The Labute approximate surface area is 99.4 Å². The maximum absolute atomic E-state index is 13.9. The van der Waals surface area contributed by atoms with Gasteiger partial charge in [-0.15, -0.1) is 0 Å². The average molecular weight is 241 g/mol. The van der Waals surface area contributed by atoms with Crippen LogP contribution in [0.25, 0.3) is 0 Å². The van der Waals surface area contributed by atoms with Gasteiger partial charge in [0.25, 0.3) is 0 Å². The van der Waals surface area contributed by atoms with Crippen LogP contribution in [0.5, 0.6) is 11.5 Å². The van der Waals surface area contributed by atoms with E-state index in [-0.39, 0.29) is 18.5 Å². The Morgan fingerprint density at radius 1 is 1.35 bits per heavy atom. The van der Waals surface area contributed by atoms with Gasteiger partial charge in [0.05, 0.1) is 0 Å². The molecule has 0 fully saturated rings. The summed E-state index contributed by atoms with van der Waals surface area (Å²) in [6.07, 6.45) is 0.451. The molecular weight excluding hydrogens is 225 g/mol. The monoisotopic (exact) mass is 241 g/mol. The van der Waals surface area contributed by atoms with E-state index in [4.69, 9.17) is 14.6 Å². The molecule has 1 aromatic rings. The summed E-state index contributed by atoms with van der Waals surface area (Å²) in [5, 5.41) is 11.9. The van der Waals surface area contributed by atoms with Crippen LogP contribution in [0.3, 0.4) is 0 Å². The lowest BCUT2D eigenvalue weighted by Crippen LogP contribution is -2.21. The van der Waals surface area contributed by atoms with Crippen molar-refractivity contribution in [3.63, 3.8) is 0 Å². The third-order valence-corrected chi connectivity index (χ3v) is 2.80. The smallest absolute Gasteiger partial charge is 0.164 e. The van der Waals surface area contributed by atoms with E-state index >= 15 is 0 Å². The highest BCUT2D eigenvalue weighted by molar-refractivity contribution is 5.45. The van der Waals surface area contributed by atoms with Crippen molar-refractivity contribution in [2.24, 2.45) is 0 Å². The van der Waals surface area contributed by atoms with E-state index in [2.05, 4.69) is 5.32 Å². The first-order valence-electron chi connectivity index (χ1n) is 5.63. The fourth-order valence-corrected chi connectivity index (χ4v) is 1.93. The molecule has 0 bridgehead atoms. The molecule has 2 rings (SSSR count). The minimum absolute atomic E-state index is 0.000607. The predicted molar refractivity (Wildman–Crippen MR) is 60.9 cm³/mol. The van der Waals surface area contributed by atoms with Gasteiger partial charge in [-0.3, -0.25) is 0 Å². The zero-order valence-electron chi connectivity index (χ0n) is 9.70. The molecule has 0 amide bonds. The van der Waals surface area contributed by atoms with Gasteiger partial charge in [-0.25, -0.2) is 4.39 Å². The van der Waals surface area contributed by atoms with E-state index in [1.807, 2.05) is 0 Å². The third kappa shape index (κ3) is 2.50. The van der Waals surface area contributed by atoms with Crippen molar-refractivity contribution in [3.8, 4) is 11.5 Å². The maximum atomic E-state index is 13.9. The lowest BCUT2D eigenvalue weighted by molar-refractivity contribution is 0.170. The van der Waals surface area contributed by atoms with Crippen LogP contribution in [0.2, 0.25) is 0 Å². The molecule has 5 heteroatoms. The van der Waals surface area contributed by atoms with Crippen LogP contribution < -0.4 is 14.8 Å². The Balaban J connectivity index is 2.33. The molecule has 0 aliphatic carbocycles. The van der Waals surface area contributed by atoms with Gasteiger partial charge in [-0.05, 0) is 19.5 Å². The molecule has 2 N–H and O–H groups in total. The van der Waals surface area contributed by atoms with Gasteiger partial charge >= 0.3 is 0 Å². The summed E-state index contributed by atoms with van der Waals surface area (Å²) in [6.45, 7) is 0.916. The molecule has 94 valence electrons. The Kier molecular flexibility index (Phi) is 3.81. The van der Waals surface area contributed by atoms with Crippen molar-refractivity contribution in [3.05, 3.63) is 23.5 Å². The van der Waals surface area contributed by atoms with E-state index in [9.17, 15) is 4.39 Å². The maximum Gasteiger partial charge on any atom is 0.164 e. The van der Waals surface area contributed by atoms with Crippen molar-refractivity contribution >= 4 is 0 Å². The molecule has 4 nitrogen and oxygen atoms in total. The average Bonchev–Trinajstić information content (AvgIpc) is 2.35. The van der Waals surface area contributed by atoms with Gasteiger partial charge in [0, 0.05) is 24.3 Å². The Morgan fingerprint density at radius 2 is 2.00 bits per heavy atom.